The van der Waals surface area contributed by atoms with Crippen LogP contribution in [0, 0.1) is 0 Å². The van der Waals surface area contributed by atoms with Gasteiger partial charge in [0.15, 0.2) is 0 Å². The Labute approximate surface area is 105 Å². The number of rotatable bonds is 3. The molecule has 0 aliphatic carbocycles. The number of carbonyl (C=O) groups is 1. The van der Waals surface area contributed by atoms with Gasteiger partial charge in [-0.05, 0) is 36.5 Å². The fraction of sp³-hybridized carbons (Fsp3) is 0.500. The maximum atomic E-state index is 11.8. The summed E-state index contributed by atoms with van der Waals surface area (Å²) in [4.78, 5) is 15.7. The van der Waals surface area contributed by atoms with Crippen LogP contribution in [0.4, 0.5) is 0 Å². The minimum absolute atomic E-state index is 0.176. The summed E-state index contributed by atoms with van der Waals surface area (Å²) >= 11 is 1.85. The van der Waals surface area contributed by atoms with Crippen molar-refractivity contribution in [1.29, 1.82) is 0 Å². The minimum Gasteiger partial charge on any atom is -0.388 e. The number of thioether (sulfide) groups is 1. The number of aliphatic hydroxyl groups is 1. The quantitative estimate of drug-likeness (QED) is 0.844. The molecule has 2 N–H and O–H groups in total. The molecule has 1 fully saturated rings. The fourth-order valence-electron chi connectivity index (χ4n) is 1.77. The molecule has 0 aromatic carbocycles. The van der Waals surface area contributed by atoms with Crippen molar-refractivity contribution in [2.24, 2.45) is 0 Å². The number of nitrogens with one attached hydrogen (secondary N) is 1. The van der Waals surface area contributed by atoms with Gasteiger partial charge in [-0.25, -0.2) is 0 Å². The third-order valence-corrected chi connectivity index (χ3v) is 3.91. The van der Waals surface area contributed by atoms with Gasteiger partial charge < -0.3 is 10.4 Å². The Morgan fingerprint density at radius 3 is 2.94 bits per heavy atom. The summed E-state index contributed by atoms with van der Waals surface area (Å²) in [5.74, 6) is 1.74. The summed E-state index contributed by atoms with van der Waals surface area (Å²) in [7, 11) is 0. The molecule has 0 radical (unpaired) electrons. The summed E-state index contributed by atoms with van der Waals surface area (Å²) in [5, 5.41) is 13.0. The van der Waals surface area contributed by atoms with E-state index in [1.54, 1.807) is 18.3 Å². The molecule has 1 saturated heterocycles. The third kappa shape index (κ3) is 3.44. The van der Waals surface area contributed by atoms with Gasteiger partial charge in [0, 0.05) is 18.9 Å². The van der Waals surface area contributed by atoms with Gasteiger partial charge in [0.05, 0.1) is 11.2 Å². The normalized spacial score (nSPS) is 18.6. The highest BCUT2D eigenvalue weighted by Gasteiger charge is 2.29. The van der Waals surface area contributed by atoms with Crippen molar-refractivity contribution < 1.29 is 9.90 Å². The van der Waals surface area contributed by atoms with E-state index in [1.165, 1.54) is 6.20 Å². The van der Waals surface area contributed by atoms with Crippen LogP contribution in [0.15, 0.2) is 24.5 Å². The van der Waals surface area contributed by atoms with Gasteiger partial charge in [-0.2, -0.15) is 11.8 Å². The van der Waals surface area contributed by atoms with Crippen LogP contribution in [0.5, 0.6) is 0 Å². The highest BCUT2D eigenvalue weighted by atomic mass is 32.2. The molecule has 1 aliphatic rings. The average molecular weight is 252 g/mol. The predicted octanol–water partition coefficient (Wildman–Crippen LogP) is 1.07. The molecule has 0 atom stereocenters. The molecule has 4 nitrogen and oxygen atoms in total. The van der Waals surface area contributed by atoms with E-state index < -0.39 is 5.60 Å². The number of hydrogen-bond acceptors (Lipinski definition) is 4. The lowest BCUT2D eigenvalue weighted by atomic mass is 9.97. The lowest BCUT2D eigenvalue weighted by Crippen LogP contribution is -2.45. The van der Waals surface area contributed by atoms with E-state index in [1.807, 2.05) is 11.8 Å². The Morgan fingerprint density at radius 2 is 2.29 bits per heavy atom. The Kier molecular flexibility index (Phi) is 4.02. The summed E-state index contributed by atoms with van der Waals surface area (Å²) in [6.45, 7) is 0.321. The first-order chi connectivity index (χ1) is 8.20. The van der Waals surface area contributed by atoms with E-state index in [4.69, 9.17) is 0 Å². The molecule has 1 amide bonds. The minimum atomic E-state index is -0.733. The van der Waals surface area contributed by atoms with Crippen molar-refractivity contribution in [1.82, 2.24) is 10.3 Å². The van der Waals surface area contributed by atoms with Crippen molar-refractivity contribution >= 4 is 17.7 Å². The molecule has 2 heterocycles. The summed E-state index contributed by atoms with van der Waals surface area (Å²) in [6, 6.07) is 3.43. The van der Waals surface area contributed by atoms with Gasteiger partial charge in [-0.3, -0.25) is 9.78 Å². The van der Waals surface area contributed by atoms with Crippen LogP contribution >= 0.6 is 11.8 Å². The summed E-state index contributed by atoms with van der Waals surface area (Å²) < 4.78 is 0. The van der Waals surface area contributed by atoms with Crippen LogP contribution in [0.1, 0.15) is 23.2 Å². The van der Waals surface area contributed by atoms with Crippen molar-refractivity contribution in [3.8, 4) is 0 Å². The number of amides is 1. The van der Waals surface area contributed by atoms with Crippen LogP contribution in [-0.4, -0.2) is 39.6 Å². The Bertz CT molecular complexity index is 377. The van der Waals surface area contributed by atoms with E-state index in [0.717, 1.165) is 24.3 Å². The summed E-state index contributed by atoms with van der Waals surface area (Å²) in [5.41, 5.74) is -0.204. The molecule has 2 rings (SSSR count). The summed E-state index contributed by atoms with van der Waals surface area (Å²) in [6.07, 6.45) is 4.63. The second kappa shape index (κ2) is 5.51. The second-order valence-corrected chi connectivity index (χ2v) is 5.49. The molecular formula is C12H16N2O2S. The zero-order valence-electron chi connectivity index (χ0n) is 9.56. The second-order valence-electron chi connectivity index (χ2n) is 4.26. The standard InChI is InChI=1S/C12H16N2O2S/c15-11(10-2-1-5-13-8-10)14-9-12(16)3-6-17-7-4-12/h1-2,5,8,16H,3-4,6-7,9H2,(H,14,15). The maximum absolute atomic E-state index is 11.8. The average Bonchev–Trinajstić information content (AvgIpc) is 2.38. The number of aromatic nitrogens is 1. The molecule has 17 heavy (non-hydrogen) atoms. The van der Waals surface area contributed by atoms with Crippen LogP contribution < -0.4 is 5.32 Å². The molecule has 92 valence electrons. The number of nitrogens with zero attached hydrogens (tertiary/aromatic N) is 1. The lowest BCUT2D eigenvalue weighted by Gasteiger charge is -2.31. The first-order valence-corrected chi connectivity index (χ1v) is 6.83. The molecule has 0 unspecified atom stereocenters. The lowest BCUT2D eigenvalue weighted by molar-refractivity contribution is 0.0311. The van der Waals surface area contributed by atoms with E-state index in [0.29, 0.717) is 12.1 Å². The van der Waals surface area contributed by atoms with Crippen LogP contribution in [0.2, 0.25) is 0 Å². The van der Waals surface area contributed by atoms with Crippen LogP contribution in [-0.2, 0) is 0 Å². The monoisotopic (exact) mass is 252 g/mol. The maximum Gasteiger partial charge on any atom is 0.252 e. The van der Waals surface area contributed by atoms with Gasteiger partial charge >= 0.3 is 0 Å². The Balaban J connectivity index is 1.87. The van der Waals surface area contributed by atoms with E-state index in [2.05, 4.69) is 10.3 Å². The molecular weight excluding hydrogens is 236 g/mol. The van der Waals surface area contributed by atoms with Crippen molar-refractivity contribution in [2.75, 3.05) is 18.1 Å². The zero-order valence-corrected chi connectivity index (χ0v) is 10.4. The topological polar surface area (TPSA) is 62.2 Å². The van der Waals surface area contributed by atoms with E-state index >= 15 is 0 Å². The van der Waals surface area contributed by atoms with E-state index in [-0.39, 0.29) is 5.91 Å². The van der Waals surface area contributed by atoms with Gasteiger partial charge in [0.25, 0.3) is 5.91 Å². The molecule has 1 aromatic heterocycles. The largest absolute Gasteiger partial charge is 0.388 e. The Hall–Kier alpha value is -1.07. The van der Waals surface area contributed by atoms with Crippen LogP contribution in [0.3, 0.4) is 0 Å². The SMILES string of the molecule is O=C(NCC1(O)CCSCC1)c1cccnc1. The van der Waals surface area contributed by atoms with Gasteiger partial charge in [0.2, 0.25) is 0 Å². The fourth-order valence-corrected chi connectivity index (χ4v) is 3.02. The highest BCUT2D eigenvalue weighted by Crippen LogP contribution is 2.26. The zero-order chi connectivity index (χ0) is 12.1. The molecule has 1 aliphatic heterocycles. The Morgan fingerprint density at radius 1 is 1.53 bits per heavy atom. The van der Waals surface area contributed by atoms with Gasteiger partial charge in [-0.15, -0.1) is 0 Å². The van der Waals surface area contributed by atoms with Crippen molar-refractivity contribution in [3.63, 3.8) is 0 Å². The first kappa shape index (κ1) is 12.4. The van der Waals surface area contributed by atoms with Crippen molar-refractivity contribution in [3.05, 3.63) is 30.1 Å². The van der Waals surface area contributed by atoms with Crippen LogP contribution in [0.25, 0.3) is 0 Å². The first-order valence-electron chi connectivity index (χ1n) is 5.68. The molecule has 0 spiro atoms. The predicted molar refractivity (Wildman–Crippen MR) is 68.1 cm³/mol. The molecule has 5 heteroatoms. The molecule has 0 bridgehead atoms. The molecule has 0 saturated carbocycles. The number of carbonyl (C=O) groups excluding carboxylic acids is 1. The number of pyridine rings is 1. The van der Waals surface area contributed by atoms with Gasteiger partial charge in [-0.1, -0.05) is 0 Å². The highest BCUT2D eigenvalue weighted by molar-refractivity contribution is 7.99. The van der Waals surface area contributed by atoms with Gasteiger partial charge in [0.1, 0.15) is 0 Å². The van der Waals surface area contributed by atoms with Crippen molar-refractivity contribution in [2.45, 2.75) is 18.4 Å². The van der Waals surface area contributed by atoms with E-state index in [9.17, 15) is 9.90 Å². The smallest absolute Gasteiger partial charge is 0.252 e. The number of hydrogen-bond donors (Lipinski definition) is 2. The molecule has 1 aromatic rings. The third-order valence-electron chi connectivity index (χ3n) is 2.93.